The maximum atomic E-state index is 13.1. The lowest BCUT2D eigenvalue weighted by atomic mass is 9.95. The van der Waals surface area contributed by atoms with E-state index in [1.165, 1.54) is 0 Å². The normalized spacial score (nSPS) is 14.4. The predicted octanol–water partition coefficient (Wildman–Crippen LogP) is 3.71. The maximum absolute atomic E-state index is 13.1. The van der Waals surface area contributed by atoms with Crippen LogP contribution in [0.25, 0.3) is 11.3 Å². The number of carbonyl (C=O) groups excluding carboxylic acids is 1. The van der Waals surface area contributed by atoms with Gasteiger partial charge in [-0.1, -0.05) is 30.3 Å². The van der Waals surface area contributed by atoms with Crippen LogP contribution < -0.4 is 10.1 Å². The average Bonchev–Trinajstić information content (AvgIpc) is 3.57. The number of methoxy groups -OCH3 is 1. The van der Waals surface area contributed by atoms with Crippen molar-refractivity contribution in [3.05, 3.63) is 71.8 Å². The third kappa shape index (κ3) is 3.80. The van der Waals surface area contributed by atoms with Gasteiger partial charge >= 0.3 is 0 Å². The van der Waals surface area contributed by atoms with Crippen LogP contribution in [0.3, 0.4) is 0 Å². The van der Waals surface area contributed by atoms with Gasteiger partial charge in [-0.25, -0.2) is 13.4 Å². The molecule has 1 aliphatic carbocycles. The molecule has 0 bridgehead atoms. The lowest BCUT2D eigenvalue weighted by molar-refractivity contribution is -0.118. The van der Waals surface area contributed by atoms with Gasteiger partial charge in [-0.2, -0.15) is 0 Å². The summed E-state index contributed by atoms with van der Waals surface area (Å²) in [7, 11) is -1.07. The molecule has 1 fully saturated rings. The fourth-order valence-corrected chi connectivity index (χ4v) is 4.03. The number of anilines is 1. The minimum Gasteiger partial charge on any atom is -0.497 e. The number of nitrogens with zero attached hydrogens (tertiary/aromatic N) is 1. The topological polar surface area (TPSA) is 85.4 Å². The van der Waals surface area contributed by atoms with Gasteiger partial charge in [0.25, 0.3) is 0 Å². The number of aryl methyl sites for hydroxylation is 1. The van der Waals surface area contributed by atoms with Crippen LogP contribution in [0.4, 0.5) is 5.82 Å². The molecule has 0 saturated heterocycles. The van der Waals surface area contributed by atoms with Crippen molar-refractivity contribution in [3.63, 3.8) is 0 Å². The van der Waals surface area contributed by atoms with Crippen LogP contribution in [0.15, 0.2) is 65.6 Å². The van der Waals surface area contributed by atoms with Crippen LogP contribution in [0.2, 0.25) is 0 Å². The highest BCUT2D eigenvalue weighted by atomic mass is 32.2. The van der Waals surface area contributed by atoms with Gasteiger partial charge in [0, 0.05) is 5.56 Å². The van der Waals surface area contributed by atoms with E-state index < -0.39 is 16.1 Å². The Balaban J connectivity index is 1.60. The van der Waals surface area contributed by atoms with Gasteiger partial charge < -0.3 is 10.1 Å². The van der Waals surface area contributed by atoms with Crippen molar-refractivity contribution in [1.29, 1.82) is 0 Å². The summed E-state index contributed by atoms with van der Waals surface area (Å²) in [5.74, 6) is 1.10. The monoisotopic (exact) mass is 422 g/mol. The Bertz CT molecular complexity index is 1170. The number of thiol groups is 1. The molecule has 4 rings (SSSR count). The molecule has 3 aromatic rings. The van der Waals surface area contributed by atoms with Gasteiger partial charge in [0.15, 0.2) is 10.7 Å². The van der Waals surface area contributed by atoms with E-state index in [9.17, 15) is 13.2 Å². The summed E-state index contributed by atoms with van der Waals surface area (Å²) in [6.07, 6.45) is 1.56. The number of aromatic nitrogens is 1. The van der Waals surface area contributed by atoms with E-state index in [2.05, 4.69) is 10.3 Å². The van der Waals surface area contributed by atoms with Crippen LogP contribution in [0, 0.1) is 6.92 Å². The fraction of sp³-hybridized carbons (Fsp3) is 0.217. The van der Waals surface area contributed by atoms with E-state index >= 15 is 0 Å². The minimum absolute atomic E-state index is 0.0913. The molecule has 0 aliphatic heterocycles. The van der Waals surface area contributed by atoms with Crippen molar-refractivity contribution < 1.29 is 17.9 Å². The standard InChI is InChI=1S/C23H22N2O4S/c1-15-6-11-20(24-21(15)16-4-3-5-19(14-16)30(27)28)25-22(26)23(12-13-23)17-7-9-18(29-2)10-8-17/h3-11,14,30H,12-13H2,1-2H3,(H,24,25,26). The quantitative estimate of drug-likeness (QED) is 0.592. The van der Waals surface area contributed by atoms with Crippen molar-refractivity contribution in [1.82, 2.24) is 4.98 Å². The van der Waals surface area contributed by atoms with Gasteiger partial charge in [0.05, 0.1) is 23.1 Å². The molecule has 1 N–H and O–H groups in total. The minimum atomic E-state index is -2.68. The number of pyridine rings is 1. The predicted molar refractivity (Wildman–Crippen MR) is 116 cm³/mol. The zero-order valence-corrected chi connectivity index (χ0v) is 17.6. The van der Waals surface area contributed by atoms with Gasteiger partial charge in [-0.15, -0.1) is 0 Å². The molecule has 154 valence electrons. The molecule has 30 heavy (non-hydrogen) atoms. The molecule has 1 saturated carbocycles. The zero-order valence-electron chi connectivity index (χ0n) is 16.7. The van der Waals surface area contributed by atoms with Gasteiger partial charge in [0.1, 0.15) is 11.6 Å². The number of nitrogens with one attached hydrogen (secondary N) is 1. The van der Waals surface area contributed by atoms with Crippen LogP contribution in [0.1, 0.15) is 24.0 Å². The number of rotatable bonds is 6. The first-order valence-corrected chi connectivity index (χ1v) is 10.8. The lowest BCUT2D eigenvalue weighted by Crippen LogP contribution is -2.28. The number of amides is 1. The Labute approximate surface area is 176 Å². The SMILES string of the molecule is COc1ccc(C2(C(=O)Nc3ccc(C)c(-c4cccc([SH](=O)=O)c4)n3)CC2)cc1. The van der Waals surface area contributed by atoms with Crippen molar-refractivity contribution in [2.45, 2.75) is 30.1 Å². The summed E-state index contributed by atoms with van der Waals surface area (Å²) < 4.78 is 27.9. The van der Waals surface area contributed by atoms with Crippen LogP contribution in [-0.4, -0.2) is 26.4 Å². The Kier molecular flexibility index (Phi) is 5.30. The molecule has 0 unspecified atom stereocenters. The van der Waals surface area contributed by atoms with E-state index in [4.69, 9.17) is 4.74 Å². The van der Waals surface area contributed by atoms with Crippen molar-refractivity contribution >= 4 is 22.4 Å². The highest BCUT2D eigenvalue weighted by Crippen LogP contribution is 2.49. The van der Waals surface area contributed by atoms with E-state index in [0.717, 1.165) is 29.7 Å². The molecule has 0 spiro atoms. The van der Waals surface area contributed by atoms with Crippen molar-refractivity contribution in [2.75, 3.05) is 12.4 Å². The molecule has 7 heteroatoms. The van der Waals surface area contributed by atoms with E-state index in [1.54, 1.807) is 31.4 Å². The smallest absolute Gasteiger partial charge is 0.236 e. The Hall–Kier alpha value is -3.19. The van der Waals surface area contributed by atoms with E-state index in [-0.39, 0.29) is 10.8 Å². The van der Waals surface area contributed by atoms with Gasteiger partial charge in [-0.05, 0) is 61.2 Å². The maximum Gasteiger partial charge on any atom is 0.236 e. The summed E-state index contributed by atoms with van der Waals surface area (Å²) in [5.41, 5.74) is 2.64. The van der Waals surface area contributed by atoms with E-state index in [0.29, 0.717) is 17.1 Å². The Morgan fingerprint density at radius 3 is 2.43 bits per heavy atom. The molecular weight excluding hydrogens is 400 g/mol. The first-order chi connectivity index (χ1) is 14.4. The molecule has 0 atom stereocenters. The summed E-state index contributed by atoms with van der Waals surface area (Å²) in [5, 5.41) is 2.95. The van der Waals surface area contributed by atoms with Crippen molar-refractivity contribution in [2.24, 2.45) is 0 Å². The highest BCUT2D eigenvalue weighted by molar-refractivity contribution is 7.72. The fourth-order valence-electron chi connectivity index (χ4n) is 3.58. The molecular formula is C23H22N2O4S. The van der Waals surface area contributed by atoms with E-state index in [1.807, 2.05) is 43.3 Å². The Morgan fingerprint density at radius 2 is 1.80 bits per heavy atom. The highest BCUT2D eigenvalue weighted by Gasteiger charge is 2.51. The van der Waals surface area contributed by atoms with Crippen molar-refractivity contribution in [3.8, 4) is 17.0 Å². The number of carbonyl (C=O) groups is 1. The second-order valence-electron chi connectivity index (χ2n) is 7.43. The number of hydrogen-bond acceptors (Lipinski definition) is 5. The first-order valence-electron chi connectivity index (χ1n) is 9.61. The van der Waals surface area contributed by atoms with Crippen LogP contribution in [-0.2, 0) is 20.9 Å². The lowest BCUT2D eigenvalue weighted by Gasteiger charge is -2.17. The first kappa shape index (κ1) is 20.1. The van der Waals surface area contributed by atoms with Crippen LogP contribution in [0.5, 0.6) is 5.75 Å². The van der Waals surface area contributed by atoms with Gasteiger partial charge in [-0.3, -0.25) is 4.79 Å². The summed E-state index contributed by atoms with van der Waals surface area (Å²) in [4.78, 5) is 17.9. The zero-order chi connectivity index (χ0) is 21.3. The summed E-state index contributed by atoms with van der Waals surface area (Å²) in [6.45, 7) is 1.90. The average molecular weight is 423 g/mol. The second kappa shape index (κ2) is 7.91. The largest absolute Gasteiger partial charge is 0.497 e. The third-order valence-corrected chi connectivity index (χ3v) is 6.20. The second-order valence-corrected chi connectivity index (χ2v) is 8.46. The molecule has 1 aliphatic rings. The summed E-state index contributed by atoms with van der Waals surface area (Å²) in [6, 6.07) is 17.8. The third-order valence-electron chi connectivity index (χ3n) is 5.50. The molecule has 1 amide bonds. The molecule has 1 aromatic heterocycles. The molecule has 6 nitrogen and oxygen atoms in total. The Morgan fingerprint density at radius 1 is 1.07 bits per heavy atom. The molecule has 0 radical (unpaired) electrons. The summed E-state index contributed by atoms with van der Waals surface area (Å²) >= 11 is 0. The number of hydrogen-bond donors (Lipinski definition) is 2. The molecule has 2 aromatic carbocycles. The number of benzene rings is 2. The van der Waals surface area contributed by atoms with Crippen LogP contribution >= 0.6 is 0 Å². The molecule has 1 heterocycles. The number of ether oxygens (including phenoxy) is 1. The van der Waals surface area contributed by atoms with Gasteiger partial charge in [0.2, 0.25) is 5.91 Å².